The first kappa shape index (κ1) is 19.1. The zero-order valence-electron chi connectivity index (χ0n) is 15.3. The molecule has 0 aromatic heterocycles. The number of hydrogen-bond acceptors (Lipinski definition) is 4. The highest BCUT2D eigenvalue weighted by atomic mass is 14.8. The fourth-order valence-corrected chi connectivity index (χ4v) is 3.50. The lowest BCUT2D eigenvalue weighted by Crippen LogP contribution is -2.08. The average Bonchev–Trinajstić information content (AvgIpc) is 2.64. The Kier molecular flexibility index (Phi) is 10.4. The predicted octanol–water partition coefficient (Wildman–Crippen LogP) is 5.56. The van der Waals surface area contributed by atoms with Crippen LogP contribution in [-0.4, -0.2) is 37.2 Å². The number of unbranched alkanes of at least 4 members (excludes halogenated alkanes) is 3. The third kappa shape index (κ3) is 9.15. The number of aliphatic imine (C=N–C) groups is 4. The van der Waals surface area contributed by atoms with E-state index in [4.69, 9.17) is 0 Å². The fourth-order valence-electron chi connectivity index (χ4n) is 3.50. The van der Waals surface area contributed by atoms with Gasteiger partial charge in [-0.25, -0.2) is 20.0 Å². The van der Waals surface area contributed by atoms with E-state index in [1.807, 2.05) is 0 Å². The molecule has 24 heavy (non-hydrogen) atoms. The molecule has 0 spiro atoms. The molecule has 4 nitrogen and oxygen atoms in total. The second-order valence-electron chi connectivity index (χ2n) is 7.22. The minimum atomic E-state index is 0.496. The Balaban J connectivity index is 1.42. The standard InChI is InChI=1S/C20H34N4/c1(9-15-21-17-23-19-11-5-3-6-12-19)2-10-16-22-18-24-20-13-7-4-8-14-20/h19-20H,1-16H2. The summed E-state index contributed by atoms with van der Waals surface area (Å²) < 4.78 is 0. The lowest BCUT2D eigenvalue weighted by Gasteiger charge is -2.15. The van der Waals surface area contributed by atoms with Crippen LogP contribution in [-0.2, 0) is 0 Å². The van der Waals surface area contributed by atoms with Gasteiger partial charge in [0.1, 0.15) is 0 Å². The molecule has 0 N–H and O–H groups in total. The van der Waals surface area contributed by atoms with Crippen LogP contribution < -0.4 is 0 Å². The van der Waals surface area contributed by atoms with Crippen molar-refractivity contribution >= 4 is 12.0 Å². The molecule has 4 heteroatoms. The Morgan fingerprint density at radius 3 is 1.38 bits per heavy atom. The van der Waals surface area contributed by atoms with E-state index in [-0.39, 0.29) is 0 Å². The summed E-state index contributed by atoms with van der Waals surface area (Å²) in [6.07, 6.45) is 17.6. The summed E-state index contributed by atoms with van der Waals surface area (Å²) in [5.41, 5.74) is 0. The average molecular weight is 331 g/mol. The van der Waals surface area contributed by atoms with Gasteiger partial charge in [-0.3, -0.25) is 0 Å². The number of hydrogen-bond donors (Lipinski definition) is 0. The maximum absolute atomic E-state index is 4.44. The van der Waals surface area contributed by atoms with Gasteiger partial charge in [-0.2, -0.15) is 0 Å². The van der Waals surface area contributed by atoms with Crippen LogP contribution in [0.3, 0.4) is 0 Å². The molecular formula is C20H34N4. The van der Waals surface area contributed by atoms with Gasteiger partial charge in [0.05, 0.1) is 24.1 Å². The molecule has 2 rings (SSSR count). The lowest BCUT2D eigenvalue weighted by atomic mass is 9.96. The SMILES string of the molecule is C(=NCCCCCCN=C=NC1CCCCC1)=NC1CCCCC1. The van der Waals surface area contributed by atoms with E-state index in [0.29, 0.717) is 12.1 Å². The van der Waals surface area contributed by atoms with Crippen molar-refractivity contribution in [2.24, 2.45) is 20.0 Å². The second kappa shape index (κ2) is 13.1. The van der Waals surface area contributed by atoms with Crippen molar-refractivity contribution in [3.63, 3.8) is 0 Å². The topological polar surface area (TPSA) is 49.4 Å². The van der Waals surface area contributed by atoms with Crippen LogP contribution >= 0.6 is 0 Å². The van der Waals surface area contributed by atoms with Crippen molar-refractivity contribution in [2.45, 2.75) is 102 Å². The van der Waals surface area contributed by atoms with E-state index >= 15 is 0 Å². The molecular weight excluding hydrogens is 296 g/mol. The molecule has 0 bridgehead atoms. The first-order valence-corrected chi connectivity index (χ1v) is 10.2. The molecule has 2 saturated carbocycles. The Hall–Kier alpha value is -1.24. The van der Waals surface area contributed by atoms with Gasteiger partial charge in [-0.1, -0.05) is 51.4 Å². The first-order chi connectivity index (χ1) is 11.9. The van der Waals surface area contributed by atoms with Crippen LogP contribution in [0.25, 0.3) is 0 Å². The van der Waals surface area contributed by atoms with Crippen LogP contribution in [0.15, 0.2) is 20.0 Å². The summed E-state index contributed by atoms with van der Waals surface area (Å²) in [7, 11) is 0. The first-order valence-electron chi connectivity index (χ1n) is 10.2. The van der Waals surface area contributed by atoms with E-state index in [0.717, 1.165) is 25.9 Å². The molecule has 0 unspecified atom stereocenters. The number of rotatable bonds is 9. The van der Waals surface area contributed by atoms with E-state index in [2.05, 4.69) is 32.0 Å². The molecule has 0 radical (unpaired) electrons. The van der Waals surface area contributed by atoms with Crippen molar-refractivity contribution in [1.29, 1.82) is 0 Å². The van der Waals surface area contributed by atoms with Crippen LogP contribution in [0.1, 0.15) is 89.9 Å². The van der Waals surface area contributed by atoms with Gasteiger partial charge in [-0.15, -0.1) is 0 Å². The number of nitrogens with zero attached hydrogens (tertiary/aromatic N) is 4. The van der Waals surface area contributed by atoms with Gasteiger partial charge in [0.25, 0.3) is 0 Å². The minimum absolute atomic E-state index is 0.496. The molecule has 0 heterocycles. The molecule has 0 saturated heterocycles. The molecule has 0 atom stereocenters. The Bertz CT molecular complexity index is 391. The van der Waals surface area contributed by atoms with Gasteiger partial charge < -0.3 is 0 Å². The maximum atomic E-state index is 4.44. The molecule has 134 valence electrons. The normalized spacial score (nSPS) is 19.2. The summed E-state index contributed by atoms with van der Waals surface area (Å²) in [6, 6.07) is 6.82. The third-order valence-electron chi connectivity index (χ3n) is 5.06. The van der Waals surface area contributed by atoms with Gasteiger partial charge in [0, 0.05) is 13.1 Å². The predicted molar refractivity (Wildman–Crippen MR) is 102 cm³/mol. The van der Waals surface area contributed by atoms with Crippen LogP contribution in [0, 0.1) is 0 Å². The van der Waals surface area contributed by atoms with Gasteiger partial charge >= 0.3 is 0 Å². The fraction of sp³-hybridized carbons (Fsp3) is 0.900. The zero-order chi connectivity index (χ0) is 16.7. The van der Waals surface area contributed by atoms with Crippen LogP contribution in [0.2, 0.25) is 0 Å². The van der Waals surface area contributed by atoms with E-state index < -0.39 is 0 Å². The largest absolute Gasteiger partial charge is 0.226 e. The van der Waals surface area contributed by atoms with Crippen molar-refractivity contribution in [3.8, 4) is 0 Å². The minimum Gasteiger partial charge on any atom is -0.226 e. The highest BCUT2D eigenvalue weighted by Gasteiger charge is 2.11. The summed E-state index contributed by atoms with van der Waals surface area (Å²) in [6.45, 7) is 1.73. The van der Waals surface area contributed by atoms with Crippen molar-refractivity contribution < 1.29 is 0 Å². The zero-order valence-corrected chi connectivity index (χ0v) is 15.3. The van der Waals surface area contributed by atoms with Gasteiger partial charge in [0.15, 0.2) is 0 Å². The third-order valence-corrected chi connectivity index (χ3v) is 5.06. The van der Waals surface area contributed by atoms with Crippen molar-refractivity contribution in [1.82, 2.24) is 0 Å². The monoisotopic (exact) mass is 330 g/mol. The summed E-state index contributed by atoms with van der Waals surface area (Å²) in [5.74, 6) is 0. The summed E-state index contributed by atoms with van der Waals surface area (Å²) in [4.78, 5) is 17.5. The Morgan fingerprint density at radius 2 is 0.958 bits per heavy atom. The molecule has 2 fully saturated rings. The summed E-state index contributed by atoms with van der Waals surface area (Å²) >= 11 is 0. The van der Waals surface area contributed by atoms with Gasteiger partial charge in [-0.05, 0) is 38.5 Å². The smallest absolute Gasteiger partial charge is 0.0895 e. The Morgan fingerprint density at radius 1 is 0.542 bits per heavy atom. The highest BCUT2D eigenvalue weighted by Crippen LogP contribution is 2.20. The second-order valence-corrected chi connectivity index (χ2v) is 7.22. The lowest BCUT2D eigenvalue weighted by molar-refractivity contribution is 0.444. The highest BCUT2D eigenvalue weighted by molar-refractivity contribution is 5.41. The molecule has 2 aliphatic carbocycles. The van der Waals surface area contributed by atoms with E-state index in [1.54, 1.807) is 0 Å². The molecule has 0 aromatic rings. The van der Waals surface area contributed by atoms with E-state index in [9.17, 15) is 0 Å². The quantitative estimate of drug-likeness (QED) is 0.392. The van der Waals surface area contributed by atoms with Crippen molar-refractivity contribution in [3.05, 3.63) is 0 Å². The Labute approximate surface area is 147 Å². The molecule has 0 aliphatic heterocycles. The van der Waals surface area contributed by atoms with E-state index in [1.165, 1.54) is 77.0 Å². The molecule has 2 aliphatic rings. The molecule has 0 aromatic carbocycles. The van der Waals surface area contributed by atoms with Crippen molar-refractivity contribution in [2.75, 3.05) is 13.1 Å². The van der Waals surface area contributed by atoms with Crippen LogP contribution in [0.4, 0.5) is 0 Å². The van der Waals surface area contributed by atoms with Crippen LogP contribution in [0.5, 0.6) is 0 Å². The maximum Gasteiger partial charge on any atom is 0.0895 e. The summed E-state index contributed by atoms with van der Waals surface area (Å²) in [5, 5.41) is 0. The molecule has 0 amide bonds. The van der Waals surface area contributed by atoms with Gasteiger partial charge in [0.2, 0.25) is 0 Å².